The second-order valence-corrected chi connectivity index (χ2v) is 33.8. The summed E-state index contributed by atoms with van der Waals surface area (Å²) in [6, 6.07) is -7.93. The summed E-state index contributed by atoms with van der Waals surface area (Å²) in [7, 11) is 0. The van der Waals surface area contributed by atoms with Crippen LogP contribution in [-0.4, -0.2) is 580 Å². The molecule has 11 heterocycles. The molecule has 0 aromatic carbocycles. The summed E-state index contributed by atoms with van der Waals surface area (Å²) in [5.74, 6) is -5.79. The van der Waals surface area contributed by atoms with Gasteiger partial charge in [-0.1, -0.05) is 0 Å². The van der Waals surface area contributed by atoms with Gasteiger partial charge in [-0.05, 0) is 6.92 Å². The van der Waals surface area contributed by atoms with Crippen LogP contribution in [0.4, 0.5) is 0 Å². The topological polar surface area (TPSA) is 934 Å². The standard InChI is InChI=1S/C74H122N4O56/c1-15-33(90)43(100)49(106)68(116-15)114-14-28-57(39(96)29(64(113)117-28)75-16(2)86)126-65-30(76-17(3)87)40(97)56(25(11-84)122-65)129-72-53(110)59(131-74-62(47(104)36(93)22(8-81)121-74)134-67-32(78-19(5)89)41(98)54(24(10-83)124-67)127-69-50(107)44(101)34(91)20(6-79)118-69)38(95)27(125-72)13-115-73-61(46(103)35(92)21(7-80)120-73)133-66-31(77-18(4)88)42(99)55(26(12-85)123-66)128-71-52(109)58(37(94)23(9-82)119-71)130-70-51(108)45(102)48(105)60(132-70)63(111)112/h15,20-62,64-74,79-85,90-110,113H,6-14H2,1-5H3,(H,75,86)(H,76,87)(H,77,88)(H,78,89)(H,111,112)/t15-,20+,21+,22+,23+,24+,25+,26+,27+,28+,29+,30+,31+,32-,33+,34-,35+,36+,37-,38+,39+,40+,41+,42+,43+,44-,45-,46-,47-,48-,49-,50+,51+,52+,53-,54+,55+,56+,57+,58-,59-,60-,61-,62-,64+,65-,66-,67-,68+,69-,70+,71-,72-,73-,74+/m0/s1. The van der Waals surface area contributed by atoms with Crippen LogP contribution in [0.2, 0.25) is 0 Å². The molecule has 60 heteroatoms. The van der Waals surface area contributed by atoms with Gasteiger partial charge in [-0.25, -0.2) is 4.79 Å². The Morgan fingerprint density at radius 2 is 0.507 bits per heavy atom. The highest BCUT2D eigenvalue weighted by atomic mass is 16.8. The molecule has 0 aliphatic carbocycles. The van der Waals surface area contributed by atoms with E-state index in [1.165, 1.54) is 6.92 Å². The lowest BCUT2D eigenvalue weighted by atomic mass is 9.93. The van der Waals surface area contributed by atoms with E-state index in [2.05, 4.69) is 21.3 Å². The van der Waals surface area contributed by atoms with Gasteiger partial charge in [-0.3, -0.25) is 19.2 Å². The molecule has 0 aromatic heterocycles. The Bertz CT molecular complexity index is 3720. The molecular weight excluding hydrogens is 1840 g/mol. The van der Waals surface area contributed by atoms with Gasteiger partial charge < -0.3 is 274 Å². The van der Waals surface area contributed by atoms with Crippen molar-refractivity contribution in [2.24, 2.45) is 0 Å². The number of nitrogens with one attached hydrogen (secondary N) is 4. The molecule has 0 spiro atoms. The van der Waals surface area contributed by atoms with Crippen LogP contribution in [0.5, 0.6) is 0 Å². The van der Waals surface area contributed by atoms with Gasteiger partial charge in [0.15, 0.2) is 75.3 Å². The number of hydrogen-bond donors (Lipinski definition) is 34. The van der Waals surface area contributed by atoms with Gasteiger partial charge in [0.1, 0.15) is 256 Å². The van der Waals surface area contributed by atoms with E-state index in [4.69, 9.17) is 99.5 Å². The molecule has 11 rings (SSSR count). The lowest BCUT2D eigenvalue weighted by Gasteiger charge is -2.51. The van der Waals surface area contributed by atoms with Crippen molar-refractivity contribution in [3.8, 4) is 0 Å². The van der Waals surface area contributed by atoms with Crippen molar-refractivity contribution in [1.29, 1.82) is 0 Å². The first-order chi connectivity index (χ1) is 63.3. The minimum Gasteiger partial charge on any atom is -0.479 e. The van der Waals surface area contributed by atoms with Crippen LogP contribution in [0.3, 0.4) is 0 Å². The molecule has 55 atom stereocenters. The zero-order valence-corrected chi connectivity index (χ0v) is 71.6. The normalized spacial score (nSPS) is 49.8. The lowest BCUT2D eigenvalue weighted by molar-refractivity contribution is -0.399. The summed E-state index contributed by atoms with van der Waals surface area (Å²) in [5.41, 5.74) is 0. The van der Waals surface area contributed by atoms with Gasteiger partial charge in [0.2, 0.25) is 23.6 Å². The van der Waals surface area contributed by atoms with Crippen LogP contribution in [-0.2, 0) is 123 Å². The first-order valence-corrected chi connectivity index (χ1v) is 42.5. The molecular formula is C74H122N4O56. The zero-order chi connectivity index (χ0) is 98.7. The summed E-state index contributed by atoms with van der Waals surface area (Å²) in [4.78, 5) is 64.0. The van der Waals surface area contributed by atoms with Crippen molar-refractivity contribution in [2.45, 2.75) is 372 Å². The number of aliphatic carboxylic acids is 1. The van der Waals surface area contributed by atoms with Crippen LogP contribution in [0, 0.1) is 0 Å². The van der Waals surface area contributed by atoms with Crippen molar-refractivity contribution in [1.82, 2.24) is 21.3 Å². The van der Waals surface area contributed by atoms with Crippen LogP contribution in [0.15, 0.2) is 0 Å². The summed E-state index contributed by atoms with van der Waals surface area (Å²) in [6.07, 6.45) is -110. The largest absolute Gasteiger partial charge is 0.479 e. The summed E-state index contributed by atoms with van der Waals surface area (Å²) < 4.78 is 124. The molecule has 11 aliphatic rings. The summed E-state index contributed by atoms with van der Waals surface area (Å²) in [5, 5.41) is 345. The van der Waals surface area contributed by atoms with Crippen molar-refractivity contribution < 1.29 is 277 Å². The Balaban J connectivity index is 0.911. The molecule has 774 valence electrons. The Morgan fingerprint density at radius 1 is 0.231 bits per heavy atom. The van der Waals surface area contributed by atoms with Crippen LogP contribution >= 0.6 is 0 Å². The number of aliphatic hydroxyl groups is 29. The van der Waals surface area contributed by atoms with E-state index in [-0.39, 0.29) is 0 Å². The Labute approximate surface area is 757 Å². The van der Waals surface area contributed by atoms with E-state index in [0.717, 1.165) is 27.7 Å². The third-order valence-corrected chi connectivity index (χ3v) is 24.5. The fraction of sp³-hybridized carbons (Fsp3) is 0.932. The Hall–Kier alpha value is -4.65. The number of carboxylic acids is 1. The molecule has 11 fully saturated rings. The Kier molecular flexibility index (Phi) is 38.9. The highest BCUT2D eigenvalue weighted by Crippen LogP contribution is 2.42. The van der Waals surface area contributed by atoms with E-state index < -0.39 is 427 Å². The van der Waals surface area contributed by atoms with E-state index in [1.54, 1.807) is 0 Å². The number of ether oxygens (including phenoxy) is 21. The average Bonchev–Trinajstić information content (AvgIpc) is 0.758. The fourth-order valence-electron chi connectivity index (χ4n) is 17.2. The maximum Gasteiger partial charge on any atom is 0.335 e. The molecule has 4 amide bonds. The summed E-state index contributed by atoms with van der Waals surface area (Å²) in [6.45, 7) is -5.53. The predicted octanol–water partition coefficient (Wildman–Crippen LogP) is -23.3. The van der Waals surface area contributed by atoms with Gasteiger partial charge >= 0.3 is 5.97 Å². The second-order valence-electron chi connectivity index (χ2n) is 33.8. The molecule has 0 unspecified atom stereocenters. The highest BCUT2D eigenvalue weighted by molar-refractivity contribution is 5.75. The first kappa shape index (κ1) is 110. The molecule has 134 heavy (non-hydrogen) atoms. The fourth-order valence-corrected chi connectivity index (χ4v) is 17.2. The van der Waals surface area contributed by atoms with Crippen molar-refractivity contribution in [3.63, 3.8) is 0 Å². The van der Waals surface area contributed by atoms with Gasteiger partial charge in [0, 0.05) is 27.7 Å². The molecule has 11 aliphatic heterocycles. The van der Waals surface area contributed by atoms with E-state index in [0.29, 0.717) is 0 Å². The minimum atomic E-state index is -2.67. The second kappa shape index (κ2) is 47.5. The van der Waals surface area contributed by atoms with Gasteiger partial charge in [0.25, 0.3) is 0 Å². The highest BCUT2D eigenvalue weighted by Gasteiger charge is 2.63. The lowest BCUT2D eigenvalue weighted by Crippen LogP contribution is -2.71. The number of amides is 4. The number of rotatable bonds is 34. The Morgan fingerprint density at radius 3 is 0.925 bits per heavy atom. The zero-order valence-electron chi connectivity index (χ0n) is 71.6. The third kappa shape index (κ3) is 24.0. The molecule has 0 bridgehead atoms. The molecule has 34 N–H and O–H groups in total. The maximum absolute atomic E-state index is 13.3. The molecule has 0 saturated carbocycles. The number of carbonyl (C=O) groups is 5. The number of carbonyl (C=O) groups excluding carboxylic acids is 4. The first-order valence-electron chi connectivity index (χ1n) is 42.5. The SMILES string of the molecule is CC(=O)N[C@@H]1[C@H](O[C@@H]2[C@@H](O[C@@H]3[C@H](O)[C@H](O[C@H]4[C@H](O)[C@@H](NC(C)=O)[C@H](O[C@H]5[C@H](O)[C@@H](NC(C)=O)[C@H](O)O[C@@H]5CO[C@@H]5O[C@@H](C)[C@@H](O)[C@@H](O)[C@@H]5O)O[C@@H]4CO)O[C@H](CO[C@H]4O[C@H](CO)[C@@H](O)[C@H](O)[C@@H]4O[C@@H]4O[C@H](CO)[C@@H](O[C@@H]5O[C@H](CO)[C@H](O)[C@H](O[C@@H]6O[C@H](C(=O)O)[C@@H](O)[C@H](O)[C@H]6O)[C@H]5O)[C@H](O)[C@H]4NC(C)=O)[C@H]3O)O[C@H](CO)[C@@H](O)[C@@H]2O)O[C@H](CO)[C@@H](O[C@@H]2O[C@H](CO)[C@H](O)[C@H](O)[C@H]2O)[C@@H]1O. The number of carboxylic acid groups (broad SMARTS) is 1. The van der Waals surface area contributed by atoms with Crippen LogP contribution in [0.25, 0.3) is 0 Å². The maximum atomic E-state index is 13.3. The number of hydrogen-bond acceptors (Lipinski definition) is 55. The van der Waals surface area contributed by atoms with Crippen LogP contribution < -0.4 is 21.3 Å². The van der Waals surface area contributed by atoms with E-state index >= 15 is 0 Å². The van der Waals surface area contributed by atoms with Gasteiger partial charge in [0.05, 0.1) is 65.6 Å². The van der Waals surface area contributed by atoms with Crippen molar-refractivity contribution in [2.75, 3.05) is 59.5 Å². The molecule has 60 nitrogen and oxygen atoms in total. The van der Waals surface area contributed by atoms with Crippen molar-refractivity contribution in [3.05, 3.63) is 0 Å². The van der Waals surface area contributed by atoms with Crippen molar-refractivity contribution >= 4 is 29.6 Å². The molecule has 0 aromatic rings. The smallest absolute Gasteiger partial charge is 0.335 e. The van der Waals surface area contributed by atoms with Gasteiger partial charge in [-0.15, -0.1) is 0 Å². The monoisotopic (exact) mass is 1960 g/mol. The predicted molar refractivity (Wildman–Crippen MR) is 408 cm³/mol. The quantitative estimate of drug-likeness (QED) is 0.0284. The summed E-state index contributed by atoms with van der Waals surface area (Å²) >= 11 is 0. The third-order valence-electron chi connectivity index (χ3n) is 24.5. The van der Waals surface area contributed by atoms with E-state index in [9.17, 15) is 177 Å². The number of aliphatic hydroxyl groups excluding tert-OH is 29. The minimum absolute atomic E-state index is 0.864. The average molecular weight is 1960 g/mol. The molecule has 11 saturated heterocycles. The molecule has 0 radical (unpaired) electrons. The van der Waals surface area contributed by atoms with E-state index in [1.807, 2.05) is 0 Å². The van der Waals surface area contributed by atoms with Crippen LogP contribution in [0.1, 0.15) is 34.6 Å². The van der Waals surface area contributed by atoms with Gasteiger partial charge in [-0.2, -0.15) is 0 Å².